The Bertz CT molecular complexity index is 902. The third-order valence-electron chi connectivity index (χ3n) is 3.36. The van der Waals surface area contributed by atoms with Crippen molar-refractivity contribution in [1.29, 1.82) is 0 Å². The highest BCUT2D eigenvalue weighted by Crippen LogP contribution is 2.14. The van der Waals surface area contributed by atoms with Gasteiger partial charge in [-0.3, -0.25) is 9.59 Å². The molecule has 0 fully saturated rings. The molecule has 1 N–H and O–H groups in total. The van der Waals surface area contributed by atoms with Gasteiger partial charge in [0.25, 0.3) is 0 Å². The Labute approximate surface area is 137 Å². The van der Waals surface area contributed by atoms with Crippen LogP contribution in [-0.4, -0.2) is 21.1 Å². The van der Waals surface area contributed by atoms with Gasteiger partial charge in [0.15, 0.2) is 5.78 Å². The number of rotatable bonds is 4. The third kappa shape index (κ3) is 3.57. The van der Waals surface area contributed by atoms with E-state index >= 15 is 0 Å². The number of aromatic nitrogens is 2. The number of nitrogens with one attached hydrogen (secondary N) is 1. The number of nitrogens with zero attached hydrogens (tertiary/aromatic N) is 2. The molecule has 0 aliphatic heterocycles. The van der Waals surface area contributed by atoms with Crippen molar-refractivity contribution >= 4 is 34.6 Å². The van der Waals surface area contributed by atoms with Crippen LogP contribution in [0.25, 0.3) is 5.65 Å². The number of fused-ring (bicyclic) bond motifs is 1. The Morgan fingerprint density at radius 3 is 2.83 bits per heavy atom. The van der Waals surface area contributed by atoms with Gasteiger partial charge in [-0.05, 0) is 31.2 Å². The topological polar surface area (TPSA) is 63.5 Å². The maximum atomic E-state index is 12.1. The second-order valence-electron chi connectivity index (χ2n) is 5.21. The fourth-order valence-corrected chi connectivity index (χ4v) is 2.46. The molecule has 0 unspecified atom stereocenters. The number of Topliss-reactive ketones (excluding diaryl/α,β-unsaturated/α-hetero) is 1. The molecular weight excluding hydrogens is 314 g/mol. The van der Waals surface area contributed by atoms with E-state index in [2.05, 4.69) is 10.3 Å². The number of amides is 1. The number of pyridine rings is 1. The average Bonchev–Trinajstić information content (AvgIpc) is 2.88. The minimum atomic E-state index is -0.194. The van der Waals surface area contributed by atoms with E-state index in [-0.39, 0.29) is 18.1 Å². The van der Waals surface area contributed by atoms with E-state index in [9.17, 15) is 9.59 Å². The standard InChI is InChI=1S/C17H14ClN3O2/c1-11(22)12-3-2-4-14(7-12)20-17(23)8-15-10-21-9-13(18)5-6-16(21)19-15/h2-7,9-10H,8H2,1H3,(H,20,23). The first-order valence-corrected chi connectivity index (χ1v) is 7.43. The molecule has 0 radical (unpaired) electrons. The SMILES string of the molecule is CC(=O)c1cccc(NC(=O)Cc2cn3cc(Cl)ccc3n2)c1. The Morgan fingerprint density at radius 1 is 1.22 bits per heavy atom. The fraction of sp³-hybridized carbons (Fsp3) is 0.118. The van der Waals surface area contributed by atoms with Gasteiger partial charge < -0.3 is 9.72 Å². The van der Waals surface area contributed by atoms with E-state index in [1.54, 1.807) is 53.2 Å². The number of hydrogen-bond acceptors (Lipinski definition) is 3. The smallest absolute Gasteiger partial charge is 0.230 e. The molecule has 1 amide bonds. The number of ketones is 1. The van der Waals surface area contributed by atoms with Gasteiger partial charge in [0.1, 0.15) is 5.65 Å². The summed E-state index contributed by atoms with van der Waals surface area (Å²) >= 11 is 5.93. The molecule has 0 aliphatic carbocycles. The van der Waals surface area contributed by atoms with E-state index < -0.39 is 0 Å². The molecule has 3 aromatic rings. The number of anilines is 1. The summed E-state index contributed by atoms with van der Waals surface area (Å²) in [6.45, 7) is 1.49. The highest BCUT2D eigenvalue weighted by atomic mass is 35.5. The van der Waals surface area contributed by atoms with Crippen molar-refractivity contribution in [1.82, 2.24) is 9.38 Å². The lowest BCUT2D eigenvalue weighted by Crippen LogP contribution is -2.14. The van der Waals surface area contributed by atoms with Crippen LogP contribution in [0.5, 0.6) is 0 Å². The molecule has 0 bridgehead atoms. The molecule has 1 aromatic carbocycles. The van der Waals surface area contributed by atoms with Gasteiger partial charge in [0.2, 0.25) is 5.91 Å². The lowest BCUT2D eigenvalue weighted by molar-refractivity contribution is -0.115. The van der Waals surface area contributed by atoms with Crippen LogP contribution in [-0.2, 0) is 11.2 Å². The largest absolute Gasteiger partial charge is 0.326 e. The lowest BCUT2D eigenvalue weighted by atomic mass is 10.1. The van der Waals surface area contributed by atoms with E-state index in [1.165, 1.54) is 6.92 Å². The Morgan fingerprint density at radius 2 is 2.04 bits per heavy atom. The number of hydrogen-bond donors (Lipinski definition) is 1. The van der Waals surface area contributed by atoms with Gasteiger partial charge in [-0.2, -0.15) is 0 Å². The molecule has 3 rings (SSSR count). The first-order chi connectivity index (χ1) is 11.0. The summed E-state index contributed by atoms with van der Waals surface area (Å²) in [4.78, 5) is 27.9. The summed E-state index contributed by atoms with van der Waals surface area (Å²) in [6.07, 6.45) is 3.65. The van der Waals surface area contributed by atoms with Gasteiger partial charge >= 0.3 is 0 Å². The van der Waals surface area contributed by atoms with Gasteiger partial charge in [-0.1, -0.05) is 23.7 Å². The number of carbonyl (C=O) groups excluding carboxylic acids is 2. The number of carbonyl (C=O) groups is 2. The van der Waals surface area contributed by atoms with Crippen LogP contribution in [0.15, 0.2) is 48.8 Å². The summed E-state index contributed by atoms with van der Waals surface area (Å²) in [5.41, 5.74) is 2.53. The summed E-state index contributed by atoms with van der Waals surface area (Å²) < 4.78 is 1.78. The molecular formula is C17H14ClN3O2. The monoisotopic (exact) mass is 327 g/mol. The van der Waals surface area contributed by atoms with Crippen molar-refractivity contribution < 1.29 is 9.59 Å². The minimum Gasteiger partial charge on any atom is -0.326 e. The Kier molecular flexibility index (Phi) is 4.12. The van der Waals surface area contributed by atoms with Crippen LogP contribution in [0.3, 0.4) is 0 Å². The predicted molar refractivity (Wildman–Crippen MR) is 89.0 cm³/mol. The average molecular weight is 328 g/mol. The summed E-state index contributed by atoms with van der Waals surface area (Å²) in [6, 6.07) is 10.4. The van der Waals surface area contributed by atoms with Gasteiger partial charge in [0, 0.05) is 23.6 Å². The normalized spacial score (nSPS) is 10.7. The molecule has 0 aliphatic rings. The van der Waals surface area contributed by atoms with Gasteiger partial charge in [-0.15, -0.1) is 0 Å². The van der Waals surface area contributed by atoms with Crippen LogP contribution in [0.2, 0.25) is 5.02 Å². The molecule has 23 heavy (non-hydrogen) atoms. The van der Waals surface area contributed by atoms with Crippen molar-refractivity contribution in [2.75, 3.05) is 5.32 Å². The van der Waals surface area contributed by atoms with Crippen LogP contribution in [0.1, 0.15) is 23.0 Å². The third-order valence-corrected chi connectivity index (χ3v) is 3.58. The summed E-state index contributed by atoms with van der Waals surface area (Å²) in [7, 11) is 0. The minimum absolute atomic E-state index is 0.0432. The highest BCUT2D eigenvalue weighted by Gasteiger charge is 2.09. The second kappa shape index (κ2) is 6.22. The lowest BCUT2D eigenvalue weighted by Gasteiger charge is -2.05. The molecule has 0 atom stereocenters. The van der Waals surface area contributed by atoms with Crippen LogP contribution in [0.4, 0.5) is 5.69 Å². The first-order valence-electron chi connectivity index (χ1n) is 7.05. The number of imidazole rings is 1. The maximum Gasteiger partial charge on any atom is 0.230 e. The van der Waals surface area contributed by atoms with Crippen molar-refractivity contribution in [2.24, 2.45) is 0 Å². The van der Waals surface area contributed by atoms with E-state index in [4.69, 9.17) is 11.6 Å². The van der Waals surface area contributed by atoms with Crippen LogP contribution >= 0.6 is 11.6 Å². The summed E-state index contributed by atoms with van der Waals surface area (Å²) in [5, 5.41) is 3.38. The molecule has 0 saturated carbocycles. The predicted octanol–water partition coefficient (Wildman–Crippen LogP) is 3.37. The van der Waals surface area contributed by atoms with Gasteiger partial charge in [0.05, 0.1) is 17.1 Å². The zero-order valence-corrected chi connectivity index (χ0v) is 13.2. The van der Waals surface area contributed by atoms with Gasteiger partial charge in [-0.25, -0.2) is 4.98 Å². The summed E-state index contributed by atoms with van der Waals surface area (Å²) in [5.74, 6) is -0.237. The van der Waals surface area contributed by atoms with Crippen LogP contribution in [0, 0.1) is 0 Å². The highest BCUT2D eigenvalue weighted by molar-refractivity contribution is 6.30. The zero-order valence-electron chi connectivity index (χ0n) is 12.4. The van der Waals surface area contributed by atoms with Crippen molar-refractivity contribution in [2.45, 2.75) is 13.3 Å². The molecule has 0 saturated heterocycles. The number of halogens is 1. The van der Waals surface area contributed by atoms with E-state index in [1.807, 2.05) is 0 Å². The molecule has 0 spiro atoms. The Hall–Kier alpha value is -2.66. The Balaban J connectivity index is 1.73. The molecule has 5 nitrogen and oxygen atoms in total. The zero-order chi connectivity index (χ0) is 16.4. The quantitative estimate of drug-likeness (QED) is 0.747. The molecule has 2 aromatic heterocycles. The molecule has 2 heterocycles. The second-order valence-corrected chi connectivity index (χ2v) is 5.64. The van der Waals surface area contributed by atoms with Crippen molar-refractivity contribution in [3.8, 4) is 0 Å². The number of benzene rings is 1. The van der Waals surface area contributed by atoms with Crippen molar-refractivity contribution in [3.05, 3.63) is 65.1 Å². The van der Waals surface area contributed by atoms with Crippen LogP contribution < -0.4 is 5.32 Å². The van der Waals surface area contributed by atoms with E-state index in [0.717, 1.165) is 5.65 Å². The van der Waals surface area contributed by atoms with E-state index in [0.29, 0.717) is 22.0 Å². The molecule has 116 valence electrons. The first kappa shape index (κ1) is 15.2. The fourth-order valence-electron chi connectivity index (χ4n) is 2.29. The molecule has 6 heteroatoms. The maximum absolute atomic E-state index is 12.1. The van der Waals surface area contributed by atoms with Crippen molar-refractivity contribution in [3.63, 3.8) is 0 Å².